The molecule has 0 bridgehead atoms. The zero-order valence-electron chi connectivity index (χ0n) is 14.3. The standard InChI is InChI=1S/C19H17ClF3N3/c1-3-25(2)16-10-9-13(11-15(16)20)17-12-18(19(21,22)23)24-26(17)14-7-5-4-6-8-14/h4-12H,3H2,1-2H3. The van der Waals surface area contributed by atoms with Gasteiger partial charge < -0.3 is 4.90 Å². The smallest absolute Gasteiger partial charge is 0.374 e. The van der Waals surface area contributed by atoms with Crippen LogP contribution in [0, 0.1) is 0 Å². The average Bonchev–Trinajstić information content (AvgIpc) is 3.07. The largest absolute Gasteiger partial charge is 0.435 e. The molecule has 0 spiro atoms. The van der Waals surface area contributed by atoms with Crippen molar-refractivity contribution in [2.45, 2.75) is 13.1 Å². The molecule has 3 rings (SSSR count). The van der Waals surface area contributed by atoms with Crippen molar-refractivity contribution in [3.63, 3.8) is 0 Å². The molecule has 0 radical (unpaired) electrons. The van der Waals surface area contributed by atoms with E-state index in [2.05, 4.69) is 5.10 Å². The molecule has 136 valence electrons. The maximum atomic E-state index is 13.2. The van der Waals surface area contributed by atoms with Crippen LogP contribution in [-0.2, 0) is 6.18 Å². The van der Waals surface area contributed by atoms with Crippen LogP contribution in [0.4, 0.5) is 18.9 Å². The maximum Gasteiger partial charge on any atom is 0.435 e. The number of hydrogen-bond acceptors (Lipinski definition) is 2. The van der Waals surface area contributed by atoms with Crippen LogP contribution in [0.1, 0.15) is 12.6 Å². The van der Waals surface area contributed by atoms with Crippen molar-refractivity contribution in [1.82, 2.24) is 9.78 Å². The first-order valence-electron chi connectivity index (χ1n) is 8.05. The third-order valence-electron chi connectivity index (χ3n) is 4.13. The number of aromatic nitrogens is 2. The Morgan fingerprint density at radius 2 is 1.77 bits per heavy atom. The molecule has 26 heavy (non-hydrogen) atoms. The summed E-state index contributed by atoms with van der Waals surface area (Å²) in [6, 6.07) is 15.0. The molecular weight excluding hydrogens is 363 g/mol. The lowest BCUT2D eigenvalue weighted by atomic mass is 10.1. The van der Waals surface area contributed by atoms with Crippen LogP contribution in [0.3, 0.4) is 0 Å². The van der Waals surface area contributed by atoms with E-state index >= 15 is 0 Å². The summed E-state index contributed by atoms with van der Waals surface area (Å²) in [4.78, 5) is 1.96. The predicted octanol–water partition coefficient (Wildman–Crippen LogP) is 5.67. The normalized spacial score (nSPS) is 11.6. The van der Waals surface area contributed by atoms with Gasteiger partial charge >= 0.3 is 6.18 Å². The lowest BCUT2D eigenvalue weighted by Gasteiger charge is -2.19. The minimum absolute atomic E-state index is 0.330. The molecule has 0 saturated carbocycles. The van der Waals surface area contributed by atoms with E-state index in [1.807, 2.05) is 18.9 Å². The molecule has 0 N–H and O–H groups in total. The monoisotopic (exact) mass is 379 g/mol. The summed E-state index contributed by atoms with van der Waals surface area (Å²) < 4.78 is 40.9. The number of nitrogens with zero attached hydrogens (tertiary/aromatic N) is 3. The number of rotatable bonds is 4. The third kappa shape index (κ3) is 3.55. The van der Waals surface area contributed by atoms with E-state index in [-0.39, 0.29) is 0 Å². The molecule has 0 aliphatic rings. The van der Waals surface area contributed by atoms with Gasteiger partial charge in [0.1, 0.15) is 0 Å². The molecule has 1 aromatic heterocycles. The zero-order valence-corrected chi connectivity index (χ0v) is 15.0. The second-order valence-electron chi connectivity index (χ2n) is 5.84. The molecular formula is C19H17ClF3N3. The summed E-state index contributed by atoms with van der Waals surface area (Å²) in [5.74, 6) is 0. The Labute approximate surface area is 154 Å². The van der Waals surface area contributed by atoms with Crippen LogP contribution < -0.4 is 4.90 Å². The first kappa shape index (κ1) is 18.3. The Kier molecular flexibility index (Phi) is 4.96. The summed E-state index contributed by atoms with van der Waals surface area (Å²) >= 11 is 6.35. The van der Waals surface area contributed by atoms with Gasteiger partial charge in [0, 0.05) is 19.2 Å². The Balaban J connectivity index is 2.15. The average molecular weight is 380 g/mol. The van der Waals surface area contributed by atoms with E-state index in [0.29, 0.717) is 22.0 Å². The van der Waals surface area contributed by atoms with Gasteiger partial charge in [0.25, 0.3) is 0 Å². The molecule has 1 heterocycles. The topological polar surface area (TPSA) is 21.1 Å². The Morgan fingerprint density at radius 1 is 1.08 bits per heavy atom. The summed E-state index contributed by atoms with van der Waals surface area (Å²) in [5.41, 5.74) is 1.32. The summed E-state index contributed by atoms with van der Waals surface area (Å²) in [6.07, 6.45) is -4.53. The maximum absolute atomic E-state index is 13.2. The molecule has 2 aromatic carbocycles. The van der Waals surface area contributed by atoms with E-state index in [9.17, 15) is 13.2 Å². The van der Waals surface area contributed by atoms with E-state index < -0.39 is 11.9 Å². The number of anilines is 1. The SMILES string of the molecule is CCN(C)c1ccc(-c2cc(C(F)(F)F)nn2-c2ccccc2)cc1Cl. The first-order chi connectivity index (χ1) is 12.3. The van der Waals surface area contributed by atoms with Crippen molar-refractivity contribution in [3.05, 3.63) is 65.3 Å². The summed E-state index contributed by atoms with van der Waals surface area (Å²) in [6.45, 7) is 2.75. The van der Waals surface area contributed by atoms with Crippen LogP contribution in [-0.4, -0.2) is 23.4 Å². The molecule has 0 atom stereocenters. The van der Waals surface area contributed by atoms with Gasteiger partial charge in [-0.15, -0.1) is 0 Å². The fourth-order valence-electron chi connectivity index (χ4n) is 2.64. The number of benzene rings is 2. The molecule has 0 aliphatic carbocycles. The Hall–Kier alpha value is -2.47. The van der Waals surface area contributed by atoms with Gasteiger partial charge in [0.15, 0.2) is 5.69 Å². The molecule has 0 unspecified atom stereocenters. The minimum Gasteiger partial charge on any atom is -0.374 e. The predicted molar refractivity (Wildman–Crippen MR) is 98.0 cm³/mol. The highest BCUT2D eigenvalue weighted by Gasteiger charge is 2.35. The number of halogens is 4. The molecule has 0 fully saturated rings. The molecule has 0 saturated heterocycles. The van der Waals surface area contributed by atoms with Gasteiger partial charge in [0.05, 0.1) is 22.1 Å². The molecule has 7 heteroatoms. The number of alkyl halides is 3. The lowest BCUT2D eigenvalue weighted by molar-refractivity contribution is -0.141. The minimum atomic E-state index is -4.53. The van der Waals surface area contributed by atoms with Crippen molar-refractivity contribution >= 4 is 17.3 Å². The second-order valence-corrected chi connectivity index (χ2v) is 6.25. The van der Waals surface area contributed by atoms with Crippen molar-refractivity contribution in [2.75, 3.05) is 18.5 Å². The number of hydrogen-bond donors (Lipinski definition) is 0. The number of para-hydroxylation sites is 1. The highest BCUT2D eigenvalue weighted by atomic mass is 35.5. The van der Waals surface area contributed by atoms with Crippen molar-refractivity contribution in [1.29, 1.82) is 0 Å². The van der Waals surface area contributed by atoms with Gasteiger partial charge in [-0.3, -0.25) is 0 Å². The van der Waals surface area contributed by atoms with Crippen LogP contribution in [0.2, 0.25) is 5.02 Å². The van der Waals surface area contributed by atoms with Crippen molar-refractivity contribution < 1.29 is 13.2 Å². The Morgan fingerprint density at radius 3 is 2.35 bits per heavy atom. The van der Waals surface area contributed by atoms with Crippen LogP contribution in [0.5, 0.6) is 0 Å². The van der Waals surface area contributed by atoms with E-state index in [1.54, 1.807) is 48.5 Å². The van der Waals surface area contributed by atoms with E-state index in [0.717, 1.165) is 18.3 Å². The molecule has 0 aliphatic heterocycles. The molecule has 3 aromatic rings. The van der Waals surface area contributed by atoms with Crippen molar-refractivity contribution in [3.8, 4) is 16.9 Å². The van der Waals surface area contributed by atoms with E-state index in [1.165, 1.54) is 4.68 Å². The molecule has 3 nitrogen and oxygen atoms in total. The van der Waals surface area contributed by atoms with Gasteiger partial charge in [-0.05, 0) is 37.3 Å². The highest BCUT2D eigenvalue weighted by molar-refractivity contribution is 6.33. The van der Waals surface area contributed by atoms with Crippen LogP contribution in [0.15, 0.2) is 54.6 Å². The van der Waals surface area contributed by atoms with Crippen LogP contribution in [0.25, 0.3) is 16.9 Å². The van der Waals surface area contributed by atoms with E-state index in [4.69, 9.17) is 11.6 Å². The first-order valence-corrected chi connectivity index (χ1v) is 8.42. The summed E-state index contributed by atoms with van der Waals surface area (Å²) in [7, 11) is 1.90. The van der Waals surface area contributed by atoms with Gasteiger partial charge in [-0.1, -0.05) is 35.9 Å². The lowest BCUT2D eigenvalue weighted by Crippen LogP contribution is -2.16. The molecule has 0 amide bonds. The Bertz CT molecular complexity index is 904. The van der Waals surface area contributed by atoms with Gasteiger partial charge in [0.2, 0.25) is 0 Å². The second kappa shape index (κ2) is 7.03. The summed E-state index contributed by atoms with van der Waals surface area (Å²) in [5, 5.41) is 4.24. The quantitative estimate of drug-likeness (QED) is 0.582. The fraction of sp³-hybridized carbons (Fsp3) is 0.211. The van der Waals surface area contributed by atoms with Gasteiger partial charge in [-0.2, -0.15) is 18.3 Å². The van der Waals surface area contributed by atoms with Crippen LogP contribution >= 0.6 is 11.6 Å². The van der Waals surface area contributed by atoms with Gasteiger partial charge in [-0.25, -0.2) is 4.68 Å². The zero-order chi connectivity index (χ0) is 18.9. The third-order valence-corrected chi connectivity index (χ3v) is 4.43. The highest BCUT2D eigenvalue weighted by Crippen LogP contribution is 2.35. The fourth-order valence-corrected chi connectivity index (χ4v) is 2.96. The van der Waals surface area contributed by atoms with Crippen molar-refractivity contribution in [2.24, 2.45) is 0 Å².